The van der Waals surface area contributed by atoms with Crippen LogP contribution in [0.1, 0.15) is 31.2 Å². The molecule has 1 heterocycles. The third-order valence-corrected chi connectivity index (χ3v) is 4.45. The Morgan fingerprint density at radius 1 is 1.10 bits per heavy atom. The van der Waals surface area contributed by atoms with E-state index in [1.54, 1.807) is 24.3 Å². The van der Waals surface area contributed by atoms with Gasteiger partial charge < -0.3 is 15.2 Å². The van der Waals surface area contributed by atoms with Gasteiger partial charge in [0.15, 0.2) is 0 Å². The minimum absolute atomic E-state index is 0.120. The van der Waals surface area contributed by atoms with Crippen LogP contribution in [0.3, 0.4) is 0 Å². The standard InChI is InChI=1S/C21H21ClN4O3/c1-13-6-11-17(23-14(2)27)12-18(13)24-19(28)4-3-5-20-25-21(26-29-20)15-7-9-16(22)10-8-15/h6-12H,3-5H2,1-2H3,(H,23,27)(H,24,28). The number of carbonyl (C=O) groups excluding carboxylic acids is 2. The first-order chi connectivity index (χ1) is 13.9. The maximum Gasteiger partial charge on any atom is 0.226 e. The van der Waals surface area contributed by atoms with Crippen molar-refractivity contribution in [1.29, 1.82) is 0 Å². The minimum atomic E-state index is -0.163. The Hall–Kier alpha value is -3.19. The van der Waals surface area contributed by atoms with Gasteiger partial charge in [0.2, 0.25) is 23.5 Å². The molecule has 0 fully saturated rings. The van der Waals surface area contributed by atoms with Gasteiger partial charge in [-0.25, -0.2) is 0 Å². The first-order valence-corrected chi connectivity index (χ1v) is 9.55. The zero-order valence-corrected chi connectivity index (χ0v) is 16.9. The predicted molar refractivity (Wildman–Crippen MR) is 112 cm³/mol. The molecule has 0 radical (unpaired) electrons. The number of amides is 2. The Morgan fingerprint density at radius 3 is 2.59 bits per heavy atom. The van der Waals surface area contributed by atoms with Crippen molar-refractivity contribution in [3.63, 3.8) is 0 Å². The monoisotopic (exact) mass is 412 g/mol. The summed E-state index contributed by atoms with van der Waals surface area (Å²) in [5, 5.41) is 10.2. The summed E-state index contributed by atoms with van der Waals surface area (Å²) in [4.78, 5) is 27.8. The predicted octanol–water partition coefficient (Wildman–Crippen LogP) is 4.62. The van der Waals surface area contributed by atoms with Crippen molar-refractivity contribution in [3.05, 3.63) is 58.9 Å². The van der Waals surface area contributed by atoms with Crippen LogP contribution in [0, 0.1) is 6.92 Å². The number of nitrogens with zero attached hydrogens (tertiary/aromatic N) is 2. The van der Waals surface area contributed by atoms with Gasteiger partial charge in [0.1, 0.15) is 0 Å². The Bertz CT molecular complexity index is 1020. The molecule has 2 amide bonds. The van der Waals surface area contributed by atoms with E-state index < -0.39 is 0 Å². The van der Waals surface area contributed by atoms with E-state index in [9.17, 15) is 9.59 Å². The van der Waals surface area contributed by atoms with Crippen LogP contribution in [0.2, 0.25) is 5.02 Å². The molecule has 0 bridgehead atoms. The molecule has 0 unspecified atom stereocenters. The molecule has 0 aliphatic carbocycles. The summed E-state index contributed by atoms with van der Waals surface area (Å²) in [6.07, 6.45) is 1.37. The number of benzene rings is 2. The second-order valence-corrected chi connectivity index (χ2v) is 7.07. The number of nitrogens with one attached hydrogen (secondary N) is 2. The van der Waals surface area contributed by atoms with Gasteiger partial charge in [0, 0.05) is 41.7 Å². The molecule has 0 atom stereocenters. The molecule has 3 rings (SSSR count). The van der Waals surface area contributed by atoms with Crippen LogP contribution in [-0.2, 0) is 16.0 Å². The number of aryl methyl sites for hydroxylation is 2. The van der Waals surface area contributed by atoms with Gasteiger partial charge in [-0.2, -0.15) is 4.98 Å². The number of anilines is 2. The topological polar surface area (TPSA) is 97.1 Å². The number of rotatable bonds is 7. The lowest BCUT2D eigenvalue weighted by molar-refractivity contribution is -0.116. The van der Waals surface area contributed by atoms with Crippen molar-refractivity contribution in [2.45, 2.75) is 33.1 Å². The number of halogens is 1. The molecule has 0 aliphatic heterocycles. The fourth-order valence-electron chi connectivity index (χ4n) is 2.72. The van der Waals surface area contributed by atoms with Crippen molar-refractivity contribution in [3.8, 4) is 11.4 Å². The van der Waals surface area contributed by atoms with Gasteiger partial charge in [0.05, 0.1) is 0 Å². The van der Waals surface area contributed by atoms with Gasteiger partial charge in [-0.15, -0.1) is 0 Å². The van der Waals surface area contributed by atoms with E-state index in [2.05, 4.69) is 20.8 Å². The van der Waals surface area contributed by atoms with E-state index in [1.165, 1.54) is 6.92 Å². The highest BCUT2D eigenvalue weighted by Crippen LogP contribution is 2.21. The molecule has 0 saturated heterocycles. The summed E-state index contributed by atoms with van der Waals surface area (Å²) >= 11 is 5.88. The first-order valence-electron chi connectivity index (χ1n) is 9.17. The zero-order valence-electron chi connectivity index (χ0n) is 16.2. The lowest BCUT2D eigenvalue weighted by atomic mass is 10.1. The van der Waals surface area contributed by atoms with Crippen LogP contribution in [0.5, 0.6) is 0 Å². The highest BCUT2D eigenvalue weighted by molar-refractivity contribution is 6.30. The lowest BCUT2D eigenvalue weighted by Crippen LogP contribution is -2.13. The molecule has 29 heavy (non-hydrogen) atoms. The Morgan fingerprint density at radius 2 is 1.86 bits per heavy atom. The average Bonchev–Trinajstić information content (AvgIpc) is 3.13. The SMILES string of the molecule is CC(=O)Nc1ccc(C)c(NC(=O)CCCc2nc(-c3ccc(Cl)cc3)no2)c1. The minimum Gasteiger partial charge on any atom is -0.339 e. The van der Waals surface area contributed by atoms with E-state index in [1.807, 2.05) is 25.1 Å². The molecule has 1 aromatic heterocycles. The molecule has 2 N–H and O–H groups in total. The number of hydrogen-bond acceptors (Lipinski definition) is 5. The number of hydrogen-bond donors (Lipinski definition) is 2. The third-order valence-electron chi connectivity index (χ3n) is 4.20. The van der Waals surface area contributed by atoms with Crippen LogP contribution >= 0.6 is 11.6 Å². The van der Waals surface area contributed by atoms with E-state index >= 15 is 0 Å². The zero-order chi connectivity index (χ0) is 20.8. The molecule has 8 heteroatoms. The maximum atomic E-state index is 12.3. The largest absolute Gasteiger partial charge is 0.339 e. The van der Waals surface area contributed by atoms with Gasteiger partial charge in [-0.3, -0.25) is 9.59 Å². The maximum absolute atomic E-state index is 12.3. The molecule has 0 aliphatic rings. The van der Waals surface area contributed by atoms with Crippen molar-refractivity contribution >= 4 is 34.8 Å². The van der Waals surface area contributed by atoms with E-state index in [4.69, 9.17) is 16.1 Å². The highest BCUT2D eigenvalue weighted by Gasteiger charge is 2.11. The van der Waals surface area contributed by atoms with Crippen LogP contribution in [0.15, 0.2) is 47.0 Å². The van der Waals surface area contributed by atoms with Gasteiger partial charge in [-0.1, -0.05) is 22.8 Å². The lowest BCUT2D eigenvalue weighted by Gasteiger charge is -2.10. The fourth-order valence-corrected chi connectivity index (χ4v) is 2.85. The molecule has 0 saturated carbocycles. The Balaban J connectivity index is 1.52. The van der Waals surface area contributed by atoms with Gasteiger partial charge in [0.25, 0.3) is 0 Å². The van der Waals surface area contributed by atoms with E-state index in [-0.39, 0.29) is 11.8 Å². The van der Waals surface area contributed by atoms with E-state index in [0.717, 1.165) is 11.1 Å². The number of carbonyl (C=O) groups is 2. The number of aromatic nitrogens is 2. The van der Waals surface area contributed by atoms with Crippen LogP contribution in [-0.4, -0.2) is 22.0 Å². The molecule has 150 valence electrons. The van der Waals surface area contributed by atoms with Crippen molar-refractivity contribution in [2.24, 2.45) is 0 Å². The molecule has 2 aromatic carbocycles. The normalized spacial score (nSPS) is 10.6. The van der Waals surface area contributed by atoms with E-state index in [0.29, 0.717) is 47.4 Å². The van der Waals surface area contributed by atoms with Crippen LogP contribution < -0.4 is 10.6 Å². The summed E-state index contributed by atoms with van der Waals surface area (Å²) in [5.41, 5.74) is 3.04. The van der Waals surface area contributed by atoms with Crippen molar-refractivity contribution in [1.82, 2.24) is 10.1 Å². The molecule has 3 aromatic rings. The molecule has 0 spiro atoms. The molecule has 7 nitrogen and oxygen atoms in total. The van der Waals surface area contributed by atoms with Gasteiger partial charge >= 0.3 is 0 Å². The smallest absolute Gasteiger partial charge is 0.226 e. The van der Waals surface area contributed by atoms with Gasteiger partial charge in [-0.05, 0) is 55.3 Å². The first kappa shape index (κ1) is 20.5. The Labute approximate surface area is 173 Å². The average molecular weight is 413 g/mol. The summed E-state index contributed by atoms with van der Waals surface area (Å²) < 4.78 is 5.26. The molecular weight excluding hydrogens is 392 g/mol. The summed E-state index contributed by atoms with van der Waals surface area (Å²) in [6, 6.07) is 12.5. The second-order valence-electron chi connectivity index (χ2n) is 6.63. The van der Waals surface area contributed by atoms with Crippen molar-refractivity contribution < 1.29 is 14.1 Å². The summed E-state index contributed by atoms with van der Waals surface area (Å²) in [5.74, 6) is 0.687. The van der Waals surface area contributed by atoms with Crippen molar-refractivity contribution in [2.75, 3.05) is 10.6 Å². The fraction of sp³-hybridized carbons (Fsp3) is 0.238. The quantitative estimate of drug-likeness (QED) is 0.590. The third kappa shape index (κ3) is 5.89. The summed E-state index contributed by atoms with van der Waals surface area (Å²) in [7, 11) is 0. The summed E-state index contributed by atoms with van der Waals surface area (Å²) in [6.45, 7) is 3.33. The second kappa shape index (κ2) is 9.34. The van der Waals surface area contributed by atoms with Crippen LogP contribution in [0.4, 0.5) is 11.4 Å². The Kier molecular flexibility index (Phi) is 6.61. The van der Waals surface area contributed by atoms with Crippen LogP contribution in [0.25, 0.3) is 11.4 Å². The molecular formula is C21H21ClN4O3. The highest BCUT2D eigenvalue weighted by atomic mass is 35.5.